The van der Waals surface area contributed by atoms with Gasteiger partial charge in [-0.15, -0.1) is 9.90 Å². The first-order valence-corrected chi connectivity index (χ1v) is 10.7. The largest absolute Gasteiger partial charge is 0.350 e. The fraction of sp³-hybridized carbons (Fsp3) is 0.292. The number of hydrogen-bond donors (Lipinski definition) is 1. The van der Waals surface area contributed by atoms with Gasteiger partial charge >= 0.3 is 0 Å². The number of nitrogens with one attached hydrogen (secondary N) is 1. The zero-order chi connectivity index (χ0) is 22.3. The van der Waals surface area contributed by atoms with Crippen LogP contribution in [0, 0.1) is 17.6 Å². The van der Waals surface area contributed by atoms with Crippen molar-refractivity contribution in [2.45, 2.75) is 12.8 Å². The van der Waals surface area contributed by atoms with Gasteiger partial charge in [0, 0.05) is 19.2 Å². The van der Waals surface area contributed by atoms with Gasteiger partial charge in [-0.1, -0.05) is 42.5 Å². The third-order valence-corrected chi connectivity index (χ3v) is 5.58. The molecule has 1 fully saturated rings. The molecule has 4 rings (SSSR count). The van der Waals surface area contributed by atoms with E-state index in [0.29, 0.717) is 12.5 Å². The summed E-state index contributed by atoms with van der Waals surface area (Å²) in [6.07, 6.45) is 7.61. The van der Waals surface area contributed by atoms with E-state index >= 15 is 0 Å². The van der Waals surface area contributed by atoms with Crippen molar-refractivity contribution in [2.24, 2.45) is 5.92 Å². The van der Waals surface area contributed by atoms with Crippen molar-refractivity contribution in [3.8, 4) is 5.69 Å². The van der Waals surface area contributed by atoms with Gasteiger partial charge < -0.3 is 5.32 Å². The van der Waals surface area contributed by atoms with E-state index in [1.54, 1.807) is 0 Å². The number of amides is 1. The standard InChI is InChI=1S/C24H25F2N5O/c25-20-8-9-23(21(26)15-20)31-28-17-22(29-31)24(32)27-16-19-10-13-30(14-11-19)12-4-7-18-5-2-1-3-6-18/h1-9,15,17,19H,10-14,16H2,(H,27,32). The van der Waals surface area contributed by atoms with Crippen LogP contribution in [0.2, 0.25) is 0 Å². The number of piperidine rings is 1. The second-order valence-electron chi connectivity index (χ2n) is 7.88. The Morgan fingerprint density at radius 2 is 1.91 bits per heavy atom. The summed E-state index contributed by atoms with van der Waals surface area (Å²) in [7, 11) is 0. The van der Waals surface area contributed by atoms with E-state index in [9.17, 15) is 13.6 Å². The Bertz CT molecular complexity index is 1080. The maximum atomic E-state index is 13.9. The number of benzene rings is 2. The number of carbonyl (C=O) groups is 1. The Kier molecular flexibility index (Phi) is 7.01. The molecule has 6 nitrogen and oxygen atoms in total. The Hall–Kier alpha value is -3.39. The Morgan fingerprint density at radius 1 is 1.12 bits per heavy atom. The van der Waals surface area contributed by atoms with Crippen molar-refractivity contribution in [2.75, 3.05) is 26.2 Å². The summed E-state index contributed by atoms with van der Waals surface area (Å²) in [5.41, 5.74) is 1.28. The van der Waals surface area contributed by atoms with Crippen LogP contribution >= 0.6 is 0 Å². The minimum absolute atomic E-state index is 0.0147. The summed E-state index contributed by atoms with van der Waals surface area (Å²) in [4.78, 5) is 15.8. The zero-order valence-electron chi connectivity index (χ0n) is 17.6. The molecule has 1 N–H and O–H groups in total. The number of carbonyl (C=O) groups excluding carboxylic acids is 1. The van der Waals surface area contributed by atoms with Crippen LogP contribution in [0.25, 0.3) is 11.8 Å². The van der Waals surface area contributed by atoms with Gasteiger partial charge in [-0.2, -0.15) is 5.10 Å². The van der Waals surface area contributed by atoms with Crippen molar-refractivity contribution < 1.29 is 13.6 Å². The summed E-state index contributed by atoms with van der Waals surface area (Å²) in [6, 6.07) is 13.3. The zero-order valence-corrected chi connectivity index (χ0v) is 17.6. The number of aromatic nitrogens is 3. The van der Waals surface area contributed by atoms with E-state index < -0.39 is 11.6 Å². The second kappa shape index (κ2) is 10.3. The van der Waals surface area contributed by atoms with Gasteiger partial charge in [-0.05, 0) is 49.5 Å². The topological polar surface area (TPSA) is 63.1 Å². The SMILES string of the molecule is O=C(NCC1CCN(CC=Cc2ccccc2)CC1)c1cnn(-c2ccc(F)cc2F)n1. The maximum absolute atomic E-state index is 13.9. The van der Waals surface area contributed by atoms with Crippen molar-refractivity contribution in [3.05, 3.63) is 83.7 Å². The monoisotopic (exact) mass is 437 g/mol. The van der Waals surface area contributed by atoms with Gasteiger partial charge in [-0.25, -0.2) is 8.78 Å². The molecular weight excluding hydrogens is 412 g/mol. The molecule has 166 valence electrons. The Balaban J connectivity index is 1.22. The third kappa shape index (κ3) is 5.64. The smallest absolute Gasteiger partial charge is 0.273 e. The molecule has 0 unspecified atom stereocenters. The molecule has 1 saturated heterocycles. The molecule has 1 aromatic heterocycles. The normalized spacial score (nSPS) is 15.3. The molecule has 3 aromatic rings. The highest BCUT2D eigenvalue weighted by Crippen LogP contribution is 2.17. The van der Waals surface area contributed by atoms with E-state index in [4.69, 9.17) is 0 Å². The highest BCUT2D eigenvalue weighted by atomic mass is 19.1. The van der Waals surface area contributed by atoms with Crippen molar-refractivity contribution >= 4 is 12.0 Å². The molecule has 0 spiro atoms. The van der Waals surface area contributed by atoms with E-state index in [1.807, 2.05) is 18.2 Å². The molecule has 8 heteroatoms. The van der Waals surface area contributed by atoms with Gasteiger partial charge in [0.05, 0.1) is 6.20 Å². The van der Waals surface area contributed by atoms with Gasteiger partial charge in [0.25, 0.3) is 5.91 Å². The van der Waals surface area contributed by atoms with Crippen LogP contribution in [0.5, 0.6) is 0 Å². The molecule has 2 heterocycles. The minimum atomic E-state index is -0.794. The lowest BCUT2D eigenvalue weighted by atomic mass is 9.96. The van der Waals surface area contributed by atoms with E-state index in [2.05, 4.69) is 44.7 Å². The fourth-order valence-electron chi connectivity index (χ4n) is 3.73. The lowest BCUT2D eigenvalue weighted by Crippen LogP contribution is -2.38. The summed E-state index contributed by atoms with van der Waals surface area (Å²) in [6.45, 7) is 3.45. The van der Waals surface area contributed by atoms with Crippen LogP contribution in [0.4, 0.5) is 8.78 Å². The molecule has 1 aliphatic rings. The molecule has 1 amide bonds. The lowest BCUT2D eigenvalue weighted by Gasteiger charge is -2.31. The molecule has 0 saturated carbocycles. The molecule has 2 aromatic carbocycles. The average Bonchev–Trinajstić information content (AvgIpc) is 3.29. The average molecular weight is 437 g/mol. The Labute approximate surface area is 185 Å². The molecule has 0 bridgehead atoms. The molecule has 1 aliphatic heterocycles. The number of hydrogen-bond acceptors (Lipinski definition) is 4. The Morgan fingerprint density at radius 3 is 2.66 bits per heavy atom. The summed E-state index contributed by atoms with van der Waals surface area (Å²) in [5.74, 6) is -1.43. The quantitative estimate of drug-likeness (QED) is 0.612. The minimum Gasteiger partial charge on any atom is -0.350 e. The van der Waals surface area contributed by atoms with Crippen LogP contribution in [0.1, 0.15) is 28.9 Å². The van der Waals surface area contributed by atoms with Crippen molar-refractivity contribution in [3.63, 3.8) is 0 Å². The summed E-state index contributed by atoms with van der Waals surface area (Å²) >= 11 is 0. The molecule has 0 atom stereocenters. The predicted molar refractivity (Wildman–Crippen MR) is 118 cm³/mol. The first-order chi connectivity index (χ1) is 15.6. The molecule has 0 radical (unpaired) electrons. The van der Waals surface area contributed by atoms with Crippen molar-refractivity contribution in [1.82, 2.24) is 25.2 Å². The molecule has 32 heavy (non-hydrogen) atoms. The number of halogens is 2. The summed E-state index contributed by atoms with van der Waals surface area (Å²) < 4.78 is 27.0. The number of likely N-dealkylation sites (tertiary alicyclic amines) is 1. The highest BCUT2D eigenvalue weighted by molar-refractivity contribution is 5.91. The van der Waals surface area contributed by atoms with Crippen LogP contribution in [0.3, 0.4) is 0 Å². The van der Waals surface area contributed by atoms with E-state index in [1.165, 1.54) is 17.8 Å². The molecule has 0 aliphatic carbocycles. The van der Waals surface area contributed by atoms with E-state index in [0.717, 1.165) is 49.4 Å². The van der Waals surface area contributed by atoms with Crippen LogP contribution in [-0.2, 0) is 0 Å². The van der Waals surface area contributed by atoms with Gasteiger partial charge in [0.1, 0.15) is 11.5 Å². The maximum Gasteiger partial charge on any atom is 0.273 e. The predicted octanol–water partition coefficient (Wildman–Crippen LogP) is 3.70. The van der Waals surface area contributed by atoms with Crippen LogP contribution in [0.15, 0.2) is 60.8 Å². The number of rotatable bonds is 7. The number of nitrogens with zero attached hydrogens (tertiary/aromatic N) is 4. The first kappa shape index (κ1) is 21.8. The lowest BCUT2D eigenvalue weighted by molar-refractivity contribution is 0.0932. The van der Waals surface area contributed by atoms with Gasteiger partial charge in [0.2, 0.25) is 0 Å². The van der Waals surface area contributed by atoms with Gasteiger partial charge in [0.15, 0.2) is 11.5 Å². The fourth-order valence-corrected chi connectivity index (χ4v) is 3.73. The van der Waals surface area contributed by atoms with Crippen LogP contribution < -0.4 is 5.32 Å². The van der Waals surface area contributed by atoms with Crippen molar-refractivity contribution in [1.29, 1.82) is 0 Å². The van der Waals surface area contributed by atoms with Crippen LogP contribution in [-0.4, -0.2) is 52.0 Å². The second-order valence-corrected chi connectivity index (χ2v) is 7.88. The summed E-state index contributed by atoms with van der Waals surface area (Å²) in [5, 5.41) is 10.8. The molecular formula is C24H25F2N5O. The first-order valence-electron chi connectivity index (χ1n) is 10.7. The van der Waals surface area contributed by atoms with Gasteiger partial charge in [-0.3, -0.25) is 9.69 Å². The highest BCUT2D eigenvalue weighted by Gasteiger charge is 2.20. The van der Waals surface area contributed by atoms with E-state index in [-0.39, 0.29) is 17.3 Å². The third-order valence-electron chi connectivity index (χ3n) is 5.58.